The van der Waals surface area contributed by atoms with Crippen molar-refractivity contribution in [1.29, 1.82) is 0 Å². The number of fused-ring (bicyclic) bond motifs is 1. The molecule has 2 aliphatic heterocycles. The summed E-state index contributed by atoms with van der Waals surface area (Å²) >= 11 is 0. The van der Waals surface area contributed by atoms with Crippen LogP contribution in [0.2, 0.25) is 0 Å². The number of amides is 2. The zero-order chi connectivity index (χ0) is 22.0. The van der Waals surface area contributed by atoms with Gasteiger partial charge in [0.15, 0.2) is 5.69 Å². The highest BCUT2D eigenvalue weighted by Crippen LogP contribution is 2.37. The van der Waals surface area contributed by atoms with E-state index in [1.165, 1.54) is 0 Å². The fourth-order valence-electron chi connectivity index (χ4n) is 4.63. The van der Waals surface area contributed by atoms with E-state index < -0.39 is 0 Å². The molecular weight excluding hydrogens is 392 g/mol. The number of hydrogen-bond donors (Lipinski definition) is 1. The predicted molar refractivity (Wildman–Crippen MR) is 118 cm³/mol. The number of likely N-dealkylation sites (tertiary alicyclic amines) is 1. The molecule has 4 rings (SSSR count). The van der Waals surface area contributed by atoms with E-state index in [0.29, 0.717) is 38.4 Å². The van der Waals surface area contributed by atoms with Gasteiger partial charge in [0.05, 0.1) is 18.6 Å². The van der Waals surface area contributed by atoms with E-state index in [0.717, 1.165) is 48.1 Å². The number of nitrogens with one attached hydrogen (secondary N) is 1. The van der Waals surface area contributed by atoms with E-state index in [1.54, 1.807) is 0 Å². The highest BCUT2D eigenvalue weighted by molar-refractivity contribution is 5.94. The topological polar surface area (TPSA) is 76.5 Å². The van der Waals surface area contributed by atoms with Crippen LogP contribution in [-0.2, 0) is 36.0 Å². The van der Waals surface area contributed by atoms with E-state index in [2.05, 4.69) is 10.4 Å². The van der Waals surface area contributed by atoms with Crippen LogP contribution < -0.4 is 5.32 Å². The Labute approximate surface area is 183 Å². The number of aryl methyl sites for hydroxylation is 2. The van der Waals surface area contributed by atoms with Gasteiger partial charge in [-0.05, 0) is 37.3 Å². The van der Waals surface area contributed by atoms with E-state index in [9.17, 15) is 9.59 Å². The molecule has 1 fully saturated rings. The molecule has 1 saturated heterocycles. The van der Waals surface area contributed by atoms with Crippen LogP contribution in [0.3, 0.4) is 0 Å². The van der Waals surface area contributed by atoms with Crippen LogP contribution in [0.4, 0.5) is 0 Å². The van der Waals surface area contributed by atoms with Crippen molar-refractivity contribution in [1.82, 2.24) is 20.0 Å². The minimum absolute atomic E-state index is 0.130. The third-order valence-corrected chi connectivity index (χ3v) is 6.67. The fraction of sp³-hybridized carbons (Fsp3) is 0.542. The molecule has 2 amide bonds. The second-order valence-electron chi connectivity index (χ2n) is 8.79. The minimum Gasteiger partial charge on any atom is -0.370 e. The first-order valence-corrected chi connectivity index (χ1v) is 11.2. The Kier molecular flexibility index (Phi) is 6.14. The number of benzene rings is 1. The number of carbonyl (C=O) groups is 2. The maximum atomic E-state index is 12.8. The summed E-state index contributed by atoms with van der Waals surface area (Å²) in [5, 5.41) is 7.39. The van der Waals surface area contributed by atoms with Gasteiger partial charge in [0.1, 0.15) is 0 Å². The molecule has 2 aromatic rings. The smallest absolute Gasteiger partial charge is 0.272 e. The molecule has 0 atom stereocenters. The summed E-state index contributed by atoms with van der Waals surface area (Å²) in [6, 6.07) is 8.06. The summed E-state index contributed by atoms with van der Waals surface area (Å²) < 4.78 is 8.17. The summed E-state index contributed by atoms with van der Waals surface area (Å²) in [7, 11) is 1.90. The summed E-state index contributed by atoms with van der Waals surface area (Å²) in [5.74, 6) is 0.0472. The molecule has 1 aromatic heterocycles. The Bertz CT molecular complexity index is 973. The Morgan fingerprint density at radius 2 is 1.97 bits per heavy atom. The van der Waals surface area contributed by atoms with Crippen molar-refractivity contribution >= 4 is 11.8 Å². The molecule has 1 spiro atoms. The van der Waals surface area contributed by atoms with Crippen molar-refractivity contribution < 1.29 is 14.3 Å². The Morgan fingerprint density at radius 3 is 2.68 bits per heavy atom. The molecular formula is C24H32N4O3. The third-order valence-electron chi connectivity index (χ3n) is 6.67. The van der Waals surface area contributed by atoms with Gasteiger partial charge in [-0.3, -0.25) is 14.3 Å². The lowest BCUT2D eigenvalue weighted by Crippen LogP contribution is -2.51. The lowest BCUT2D eigenvalue weighted by atomic mass is 9.83. The Morgan fingerprint density at radius 1 is 1.23 bits per heavy atom. The average molecular weight is 425 g/mol. The third kappa shape index (κ3) is 4.37. The van der Waals surface area contributed by atoms with Gasteiger partial charge >= 0.3 is 0 Å². The van der Waals surface area contributed by atoms with E-state index in [4.69, 9.17) is 4.74 Å². The van der Waals surface area contributed by atoms with Gasteiger partial charge in [-0.1, -0.05) is 31.2 Å². The second-order valence-corrected chi connectivity index (χ2v) is 8.79. The second kappa shape index (κ2) is 8.83. The van der Waals surface area contributed by atoms with Crippen molar-refractivity contribution in [2.75, 3.05) is 19.6 Å². The van der Waals surface area contributed by atoms with Crippen molar-refractivity contribution in [2.45, 2.75) is 58.2 Å². The van der Waals surface area contributed by atoms with Crippen LogP contribution in [0.15, 0.2) is 24.3 Å². The van der Waals surface area contributed by atoms with Gasteiger partial charge in [0.2, 0.25) is 5.91 Å². The van der Waals surface area contributed by atoms with E-state index in [1.807, 2.05) is 54.7 Å². The summed E-state index contributed by atoms with van der Waals surface area (Å²) in [4.78, 5) is 27.3. The number of carbonyl (C=O) groups excluding carboxylic acids is 2. The molecule has 0 aliphatic carbocycles. The lowest BCUT2D eigenvalue weighted by molar-refractivity contribution is -0.140. The summed E-state index contributed by atoms with van der Waals surface area (Å²) in [6.45, 7) is 6.51. The molecule has 0 saturated carbocycles. The van der Waals surface area contributed by atoms with Gasteiger partial charge in [0.25, 0.3) is 5.91 Å². The van der Waals surface area contributed by atoms with Crippen LogP contribution in [0.1, 0.15) is 59.1 Å². The first kappa shape index (κ1) is 21.6. The monoisotopic (exact) mass is 424 g/mol. The lowest BCUT2D eigenvalue weighted by Gasteiger charge is -2.44. The molecule has 166 valence electrons. The number of ether oxygens (including phenoxy) is 1. The molecule has 7 heteroatoms. The van der Waals surface area contributed by atoms with Gasteiger partial charge in [0, 0.05) is 44.4 Å². The van der Waals surface area contributed by atoms with Gasteiger partial charge in [-0.15, -0.1) is 0 Å². The zero-order valence-corrected chi connectivity index (χ0v) is 18.7. The van der Waals surface area contributed by atoms with E-state index in [-0.39, 0.29) is 17.4 Å². The van der Waals surface area contributed by atoms with Crippen molar-refractivity contribution in [3.8, 4) is 0 Å². The average Bonchev–Trinajstić information content (AvgIpc) is 3.10. The molecule has 1 aromatic carbocycles. The van der Waals surface area contributed by atoms with Crippen molar-refractivity contribution in [2.24, 2.45) is 7.05 Å². The molecule has 0 bridgehead atoms. The number of aromatic nitrogens is 2. The maximum absolute atomic E-state index is 12.8. The zero-order valence-electron chi connectivity index (χ0n) is 18.7. The number of piperidine rings is 1. The predicted octanol–water partition coefficient (Wildman–Crippen LogP) is 2.54. The summed E-state index contributed by atoms with van der Waals surface area (Å²) in [6.07, 6.45) is 3.66. The molecule has 3 heterocycles. The molecule has 7 nitrogen and oxygen atoms in total. The van der Waals surface area contributed by atoms with Crippen LogP contribution in [0.5, 0.6) is 0 Å². The first-order chi connectivity index (χ1) is 14.9. The van der Waals surface area contributed by atoms with Crippen LogP contribution >= 0.6 is 0 Å². The van der Waals surface area contributed by atoms with Crippen LogP contribution in [0, 0.1) is 6.92 Å². The molecule has 0 radical (unpaired) electrons. The molecule has 0 unspecified atom stereocenters. The number of nitrogens with zero attached hydrogens (tertiary/aromatic N) is 3. The van der Waals surface area contributed by atoms with Crippen LogP contribution in [0.25, 0.3) is 0 Å². The highest BCUT2D eigenvalue weighted by Gasteiger charge is 2.42. The van der Waals surface area contributed by atoms with E-state index >= 15 is 0 Å². The molecule has 1 N–H and O–H groups in total. The number of rotatable bonds is 5. The quantitative estimate of drug-likeness (QED) is 0.800. The van der Waals surface area contributed by atoms with Gasteiger partial charge < -0.3 is 15.0 Å². The molecule has 2 aliphatic rings. The van der Waals surface area contributed by atoms with Crippen LogP contribution in [-0.4, -0.2) is 51.7 Å². The fourth-order valence-corrected chi connectivity index (χ4v) is 4.63. The minimum atomic E-state index is -0.280. The Balaban J connectivity index is 1.40. The highest BCUT2D eigenvalue weighted by atomic mass is 16.5. The number of hydrogen-bond acceptors (Lipinski definition) is 4. The SMILES string of the molecule is CCCNC(=O)c1nn(C)c2c1COC1(CCN(C(=O)Cc3ccccc3C)CC1)C2. The first-order valence-electron chi connectivity index (χ1n) is 11.2. The molecule has 31 heavy (non-hydrogen) atoms. The Hall–Kier alpha value is -2.67. The van der Waals surface area contributed by atoms with Gasteiger partial charge in [-0.2, -0.15) is 5.10 Å². The van der Waals surface area contributed by atoms with Crippen molar-refractivity contribution in [3.63, 3.8) is 0 Å². The summed E-state index contributed by atoms with van der Waals surface area (Å²) in [5.41, 5.74) is 4.42. The maximum Gasteiger partial charge on any atom is 0.272 e. The normalized spacial score (nSPS) is 17.5. The van der Waals surface area contributed by atoms with Crippen molar-refractivity contribution in [3.05, 3.63) is 52.3 Å². The largest absolute Gasteiger partial charge is 0.370 e. The van der Waals surface area contributed by atoms with Gasteiger partial charge in [-0.25, -0.2) is 0 Å². The standard InChI is InChI=1S/C24H32N4O3/c1-4-11-25-23(30)22-19-16-31-24(15-20(19)27(3)26-22)9-12-28(13-10-24)21(29)14-18-8-6-5-7-17(18)2/h5-8H,4,9-16H2,1-3H3,(H,25,30).